The molecule has 4 rings (SSSR count). The summed E-state index contributed by atoms with van der Waals surface area (Å²) in [5.74, 6) is -0.577. The maximum atomic E-state index is 12.1. The van der Waals surface area contributed by atoms with E-state index in [0.29, 0.717) is 24.8 Å². The third kappa shape index (κ3) is 4.07. The number of nitrogens with two attached hydrogens (primary N) is 1. The molecule has 31 heavy (non-hydrogen) atoms. The van der Waals surface area contributed by atoms with E-state index >= 15 is 0 Å². The van der Waals surface area contributed by atoms with E-state index in [1.165, 1.54) is 5.57 Å². The summed E-state index contributed by atoms with van der Waals surface area (Å²) in [4.78, 5) is 11.9. The van der Waals surface area contributed by atoms with E-state index in [4.69, 9.17) is 19.9 Å². The first-order chi connectivity index (χ1) is 14.6. The lowest BCUT2D eigenvalue weighted by Crippen LogP contribution is -2.58. The molecule has 2 bridgehead atoms. The molecule has 1 saturated heterocycles. The summed E-state index contributed by atoms with van der Waals surface area (Å²) in [7, 11) is 3.17. The van der Waals surface area contributed by atoms with Crippen LogP contribution in [0.25, 0.3) is 0 Å². The van der Waals surface area contributed by atoms with E-state index in [-0.39, 0.29) is 17.4 Å². The molecule has 0 aromatic carbocycles. The fourth-order valence-electron chi connectivity index (χ4n) is 5.75. The van der Waals surface area contributed by atoms with Crippen LogP contribution in [0, 0.1) is 11.3 Å². The average molecular weight is 430 g/mol. The number of ether oxygens (including phenoxy) is 3. The van der Waals surface area contributed by atoms with Crippen molar-refractivity contribution in [2.24, 2.45) is 17.1 Å². The highest BCUT2D eigenvalue weighted by molar-refractivity contribution is 5.95. The van der Waals surface area contributed by atoms with Gasteiger partial charge in [0, 0.05) is 38.6 Å². The van der Waals surface area contributed by atoms with Gasteiger partial charge < -0.3 is 25.1 Å². The molecule has 0 radical (unpaired) electrons. The van der Waals surface area contributed by atoms with Gasteiger partial charge in [0.2, 0.25) is 5.91 Å². The van der Waals surface area contributed by atoms with Crippen LogP contribution in [0.4, 0.5) is 0 Å². The molecule has 2 aliphatic carbocycles. The summed E-state index contributed by atoms with van der Waals surface area (Å²) in [5, 5.41) is 12.1. The van der Waals surface area contributed by atoms with Gasteiger partial charge in [0.25, 0.3) is 0 Å². The van der Waals surface area contributed by atoms with Crippen molar-refractivity contribution < 1.29 is 24.1 Å². The van der Waals surface area contributed by atoms with Crippen LogP contribution in [0.2, 0.25) is 0 Å². The number of fused-ring (bicyclic) bond motifs is 2. The zero-order valence-corrected chi connectivity index (χ0v) is 19.0. The summed E-state index contributed by atoms with van der Waals surface area (Å²) in [6, 6.07) is 0. The molecule has 170 valence electrons. The molecule has 2 aliphatic heterocycles. The zero-order chi connectivity index (χ0) is 22.4. The Morgan fingerprint density at radius 3 is 2.65 bits per heavy atom. The first-order valence-corrected chi connectivity index (χ1v) is 11.2. The van der Waals surface area contributed by atoms with Crippen LogP contribution < -0.4 is 5.73 Å². The molecule has 4 unspecified atom stereocenters. The number of hydrogen-bond acceptors (Lipinski definition) is 5. The van der Waals surface area contributed by atoms with Crippen LogP contribution in [0.15, 0.2) is 47.1 Å². The molecule has 2 heterocycles. The third-order valence-electron chi connectivity index (χ3n) is 7.46. The van der Waals surface area contributed by atoms with Gasteiger partial charge in [0.1, 0.15) is 5.60 Å². The predicted octanol–water partition coefficient (Wildman–Crippen LogP) is 3.32. The molecule has 1 amide bonds. The maximum Gasteiger partial charge on any atom is 0.248 e. The van der Waals surface area contributed by atoms with Crippen molar-refractivity contribution in [3.8, 4) is 0 Å². The Morgan fingerprint density at radius 1 is 1.29 bits per heavy atom. The standard InChI is InChI=1S/C25H35NO5/c1-23(2)10-7-16(8-11-23)19-13-17(21(26)27)5-6-20(19)24(28)14-18-9-12-25(15-24,31-18)22(29-3)30-4/h5,7,9,12-13,18,20,22,28H,6,8,10-11,14-15H2,1-4H3,(H2,26,27). The molecule has 0 saturated carbocycles. The summed E-state index contributed by atoms with van der Waals surface area (Å²) >= 11 is 0. The van der Waals surface area contributed by atoms with E-state index < -0.39 is 23.4 Å². The fraction of sp³-hybridized carbons (Fsp3) is 0.640. The number of carbonyl (C=O) groups excluding carboxylic acids is 1. The number of hydrogen-bond donors (Lipinski definition) is 2. The molecule has 4 aliphatic rings. The van der Waals surface area contributed by atoms with Gasteiger partial charge in [-0.2, -0.15) is 0 Å². The number of amides is 1. The molecular formula is C25H35NO5. The SMILES string of the molecule is COC(OC)C12C=CC(CC(O)(C3CC=C(C(N)=O)C=C3C3=CCC(C)(C)CC3)C1)O2. The Bertz CT molecular complexity index is 865. The minimum Gasteiger partial charge on any atom is -0.389 e. The number of primary amides is 1. The van der Waals surface area contributed by atoms with Crippen molar-refractivity contribution in [2.75, 3.05) is 14.2 Å². The number of methoxy groups -OCH3 is 2. The predicted molar refractivity (Wildman–Crippen MR) is 118 cm³/mol. The van der Waals surface area contributed by atoms with E-state index in [9.17, 15) is 9.90 Å². The Morgan fingerprint density at radius 2 is 2.03 bits per heavy atom. The van der Waals surface area contributed by atoms with Gasteiger partial charge in [-0.1, -0.05) is 32.1 Å². The Kier molecular flexibility index (Phi) is 5.80. The van der Waals surface area contributed by atoms with Crippen LogP contribution >= 0.6 is 0 Å². The normalized spacial score (nSPS) is 36.8. The smallest absolute Gasteiger partial charge is 0.248 e. The van der Waals surface area contributed by atoms with Crippen LogP contribution in [0.1, 0.15) is 52.4 Å². The Labute approximate surface area is 184 Å². The number of rotatable bonds is 6. The largest absolute Gasteiger partial charge is 0.389 e. The fourth-order valence-corrected chi connectivity index (χ4v) is 5.75. The van der Waals surface area contributed by atoms with Crippen molar-refractivity contribution in [3.05, 3.63) is 47.1 Å². The third-order valence-corrected chi connectivity index (χ3v) is 7.46. The topological polar surface area (TPSA) is 91.0 Å². The quantitative estimate of drug-likeness (QED) is 0.499. The summed E-state index contributed by atoms with van der Waals surface area (Å²) < 4.78 is 17.3. The second-order valence-corrected chi connectivity index (χ2v) is 10.3. The minimum absolute atomic E-state index is 0.150. The summed E-state index contributed by atoms with van der Waals surface area (Å²) in [5.41, 5.74) is 6.81. The molecule has 0 aromatic heterocycles. The van der Waals surface area contributed by atoms with Gasteiger partial charge in [-0.15, -0.1) is 0 Å². The lowest BCUT2D eigenvalue weighted by molar-refractivity contribution is -0.262. The van der Waals surface area contributed by atoms with Gasteiger partial charge in [0.15, 0.2) is 6.29 Å². The molecule has 0 spiro atoms. The van der Waals surface area contributed by atoms with Crippen molar-refractivity contribution in [3.63, 3.8) is 0 Å². The van der Waals surface area contributed by atoms with E-state index in [2.05, 4.69) is 19.9 Å². The highest BCUT2D eigenvalue weighted by Gasteiger charge is 2.57. The minimum atomic E-state index is -1.03. The highest BCUT2D eigenvalue weighted by atomic mass is 16.7. The monoisotopic (exact) mass is 429 g/mol. The van der Waals surface area contributed by atoms with E-state index in [1.54, 1.807) is 14.2 Å². The molecule has 0 aromatic rings. The van der Waals surface area contributed by atoms with Crippen molar-refractivity contribution in [1.82, 2.24) is 0 Å². The highest BCUT2D eigenvalue weighted by Crippen LogP contribution is 2.52. The molecule has 3 N–H and O–H groups in total. The molecule has 6 heteroatoms. The van der Waals surface area contributed by atoms with E-state index in [0.717, 1.165) is 24.8 Å². The maximum absolute atomic E-state index is 12.1. The van der Waals surface area contributed by atoms with Crippen LogP contribution in [0.3, 0.4) is 0 Å². The number of aliphatic hydroxyl groups is 1. The number of allylic oxidation sites excluding steroid dienone is 3. The van der Waals surface area contributed by atoms with Gasteiger partial charge in [-0.3, -0.25) is 4.79 Å². The lowest BCUT2D eigenvalue weighted by Gasteiger charge is -2.50. The summed E-state index contributed by atoms with van der Waals surface area (Å²) in [6.45, 7) is 4.55. The Hall–Kier alpha value is -1.73. The van der Waals surface area contributed by atoms with Crippen LogP contribution in [-0.4, -0.2) is 48.8 Å². The van der Waals surface area contributed by atoms with Gasteiger partial charge in [0.05, 0.1) is 11.7 Å². The number of carbonyl (C=O) groups is 1. The average Bonchev–Trinajstić information content (AvgIpc) is 3.04. The van der Waals surface area contributed by atoms with Crippen LogP contribution in [-0.2, 0) is 19.0 Å². The van der Waals surface area contributed by atoms with Gasteiger partial charge >= 0.3 is 0 Å². The van der Waals surface area contributed by atoms with Crippen molar-refractivity contribution >= 4 is 5.91 Å². The second-order valence-electron chi connectivity index (χ2n) is 10.3. The van der Waals surface area contributed by atoms with Crippen molar-refractivity contribution in [2.45, 2.75) is 76.0 Å². The Balaban J connectivity index is 1.70. The lowest BCUT2D eigenvalue weighted by atomic mass is 9.65. The molecule has 1 fully saturated rings. The van der Waals surface area contributed by atoms with E-state index in [1.807, 2.05) is 24.3 Å². The summed E-state index contributed by atoms with van der Waals surface area (Å²) in [6.07, 6.45) is 13.6. The van der Waals surface area contributed by atoms with Gasteiger partial charge in [-0.25, -0.2) is 0 Å². The van der Waals surface area contributed by atoms with Crippen molar-refractivity contribution in [1.29, 1.82) is 0 Å². The molecule has 6 nitrogen and oxygen atoms in total. The molecule has 4 atom stereocenters. The first kappa shape index (κ1) is 22.5. The zero-order valence-electron chi connectivity index (χ0n) is 19.0. The molecular weight excluding hydrogens is 394 g/mol. The van der Waals surface area contributed by atoms with Gasteiger partial charge in [-0.05, 0) is 54.4 Å². The van der Waals surface area contributed by atoms with Crippen LogP contribution in [0.5, 0.6) is 0 Å². The first-order valence-electron chi connectivity index (χ1n) is 11.2. The second kappa shape index (κ2) is 8.00.